The Morgan fingerprint density at radius 3 is 2.48 bits per heavy atom. The largest absolute Gasteiger partial charge is 0.489 e. The topological polar surface area (TPSA) is 61.0 Å². The van der Waals surface area contributed by atoms with Gasteiger partial charge in [-0.15, -0.1) is 0 Å². The summed E-state index contributed by atoms with van der Waals surface area (Å²) in [7, 11) is 0. The highest BCUT2D eigenvalue weighted by molar-refractivity contribution is 5.60. The molecule has 2 aromatic rings. The molecular weight excluding hydrogens is 331 g/mol. The number of ether oxygens (including phenoxy) is 1. The van der Waals surface area contributed by atoms with E-state index >= 15 is 0 Å². The highest BCUT2D eigenvalue weighted by Gasteiger charge is 2.28. The summed E-state index contributed by atoms with van der Waals surface area (Å²) < 4.78 is 45.5. The van der Waals surface area contributed by atoms with Gasteiger partial charge in [0.25, 0.3) is 6.43 Å². The highest BCUT2D eigenvalue weighted by Crippen LogP contribution is 2.32. The van der Waals surface area contributed by atoms with Crippen LogP contribution >= 0.6 is 0 Å². The van der Waals surface area contributed by atoms with Crippen molar-refractivity contribution >= 4 is 0 Å². The molecule has 0 aliphatic rings. The molecular formula is C18H22F3N3O. The average Bonchev–Trinajstić information content (AvgIpc) is 2.60. The predicted molar refractivity (Wildman–Crippen MR) is 90.3 cm³/mol. The highest BCUT2D eigenvalue weighted by atomic mass is 19.3. The van der Waals surface area contributed by atoms with Crippen molar-refractivity contribution in [2.45, 2.75) is 32.2 Å². The van der Waals surface area contributed by atoms with E-state index in [0.29, 0.717) is 17.7 Å². The maximum absolute atomic E-state index is 13.4. The van der Waals surface area contributed by atoms with Crippen LogP contribution in [0.25, 0.3) is 11.3 Å². The molecule has 7 heteroatoms. The summed E-state index contributed by atoms with van der Waals surface area (Å²) in [6.45, 7) is 2.83. The average molecular weight is 353 g/mol. The van der Waals surface area contributed by atoms with Crippen LogP contribution in [0.3, 0.4) is 0 Å². The number of hydrogen-bond acceptors (Lipinski definition) is 4. The van der Waals surface area contributed by atoms with E-state index in [4.69, 9.17) is 10.5 Å². The number of nitrogens with zero attached hydrogens (tertiary/aromatic N) is 2. The van der Waals surface area contributed by atoms with Gasteiger partial charge in [-0.05, 0) is 30.5 Å². The summed E-state index contributed by atoms with van der Waals surface area (Å²) in [5.41, 5.74) is 5.52. The molecule has 0 aromatic carbocycles. The summed E-state index contributed by atoms with van der Waals surface area (Å²) >= 11 is 0. The molecule has 2 aromatic heterocycles. The summed E-state index contributed by atoms with van der Waals surface area (Å²) in [5, 5.41) is 0. The number of nitrogens with two attached hydrogens (primary N) is 1. The monoisotopic (exact) mass is 353 g/mol. The Morgan fingerprint density at radius 2 is 1.92 bits per heavy atom. The SMILES string of the molecule is CC(C)CC(N)(CF)COc1cnc(-c2ccncc2)cc1C(F)F. The van der Waals surface area contributed by atoms with Gasteiger partial charge >= 0.3 is 0 Å². The van der Waals surface area contributed by atoms with Gasteiger partial charge in [0.05, 0.1) is 23.0 Å². The van der Waals surface area contributed by atoms with E-state index in [-0.39, 0.29) is 23.8 Å². The molecule has 2 heterocycles. The fraction of sp³-hybridized carbons (Fsp3) is 0.444. The van der Waals surface area contributed by atoms with Crippen LogP contribution < -0.4 is 10.5 Å². The van der Waals surface area contributed by atoms with Gasteiger partial charge in [-0.1, -0.05) is 13.8 Å². The Bertz CT molecular complexity index is 683. The third-order valence-corrected chi connectivity index (χ3v) is 3.70. The first-order chi connectivity index (χ1) is 11.8. The molecule has 2 rings (SSSR count). The smallest absolute Gasteiger partial charge is 0.267 e. The van der Waals surface area contributed by atoms with Crippen molar-refractivity contribution in [2.75, 3.05) is 13.3 Å². The van der Waals surface area contributed by atoms with E-state index in [2.05, 4.69) is 9.97 Å². The lowest BCUT2D eigenvalue weighted by Crippen LogP contribution is -2.49. The van der Waals surface area contributed by atoms with Crippen molar-refractivity contribution in [3.8, 4) is 17.0 Å². The normalized spacial score (nSPS) is 13.9. The van der Waals surface area contributed by atoms with E-state index in [1.807, 2.05) is 13.8 Å². The molecule has 0 radical (unpaired) electrons. The van der Waals surface area contributed by atoms with Crippen LogP contribution in [-0.2, 0) is 0 Å². The van der Waals surface area contributed by atoms with E-state index in [1.165, 1.54) is 12.3 Å². The van der Waals surface area contributed by atoms with Gasteiger partial charge in [0.15, 0.2) is 0 Å². The Labute approximate surface area is 145 Å². The van der Waals surface area contributed by atoms with E-state index in [0.717, 1.165) is 0 Å². The molecule has 0 saturated heterocycles. The second-order valence-electron chi connectivity index (χ2n) is 6.53. The fourth-order valence-corrected chi connectivity index (χ4v) is 2.62. The Balaban J connectivity index is 2.23. The van der Waals surface area contributed by atoms with Gasteiger partial charge in [-0.3, -0.25) is 9.97 Å². The van der Waals surface area contributed by atoms with Crippen LogP contribution in [0.4, 0.5) is 13.2 Å². The van der Waals surface area contributed by atoms with Crippen molar-refractivity contribution in [3.63, 3.8) is 0 Å². The lowest BCUT2D eigenvalue weighted by Gasteiger charge is -2.28. The number of aromatic nitrogens is 2. The van der Waals surface area contributed by atoms with Gasteiger partial charge in [0.1, 0.15) is 19.0 Å². The fourth-order valence-electron chi connectivity index (χ4n) is 2.62. The van der Waals surface area contributed by atoms with Crippen molar-refractivity contribution in [1.29, 1.82) is 0 Å². The van der Waals surface area contributed by atoms with Gasteiger partial charge in [0.2, 0.25) is 0 Å². The van der Waals surface area contributed by atoms with Crippen LogP contribution in [0.2, 0.25) is 0 Å². The van der Waals surface area contributed by atoms with Gasteiger partial charge in [0, 0.05) is 18.0 Å². The van der Waals surface area contributed by atoms with Crippen LogP contribution in [-0.4, -0.2) is 28.8 Å². The maximum Gasteiger partial charge on any atom is 0.267 e. The number of rotatable bonds is 8. The number of halogens is 3. The first kappa shape index (κ1) is 19.2. The molecule has 0 saturated carbocycles. The van der Waals surface area contributed by atoms with Gasteiger partial charge in [-0.2, -0.15) is 0 Å². The molecule has 1 unspecified atom stereocenters. The molecule has 136 valence electrons. The molecule has 25 heavy (non-hydrogen) atoms. The summed E-state index contributed by atoms with van der Waals surface area (Å²) in [4.78, 5) is 8.04. The van der Waals surface area contributed by atoms with Crippen molar-refractivity contribution in [1.82, 2.24) is 9.97 Å². The first-order valence-electron chi connectivity index (χ1n) is 8.01. The Hall–Kier alpha value is -2.15. The second-order valence-corrected chi connectivity index (χ2v) is 6.53. The number of hydrogen-bond donors (Lipinski definition) is 1. The Kier molecular flexibility index (Phi) is 6.36. The van der Waals surface area contributed by atoms with Crippen LogP contribution in [0.1, 0.15) is 32.3 Å². The molecule has 0 aliphatic carbocycles. The minimum atomic E-state index is -2.75. The molecule has 0 fully saturated rings. The zero-order chi connectivity index (χ0) is 18.4. The quantitative estimate of drug-likeness (QED) is 0.774. The molecule has 2 N–H and O–H groups in total. The first-order valence-corrected chi connectivity index (χ1v) is 8.01. The van der Waals surface area contributed by atoms with Crippen molar-refractivity contribution in [3.05, 3.63) is 42.4 Å². The third kappa shape index (κ3) is 5.16. The maximum atomic E-state index is 13.4. The lowest BCUT2D eigenvalue weighted by molar-refractivity contribution is 0.131. The van der Waals surface area contributed by atoms with Gasteiger partial charge < -0.3 is 10.5 Å². The molecule has 4 nitrogen and oxygen atoms in total. The zero-order valence-electron chi connectivity index (χ0n) is 14.3. The van der Waals surface area contributed by atoms with Crippen LogP contribution in [0, 0.1) is 5.92 Å². The molecule has 0 amide bonds. The predicted octanol–water partition coefficient (Wildman–Crippen LogP) is 4.17. The van der Waals surface area contributed by atoms with Gasteiger partial charge in [-0.25, -0.2) is 13.2 Å². The molecule has 0 spiro atoms. The number of alkyl halides is 3. The van der Waals surface area contributed by atoms with Crippen LogP contribution in [0.15, 0.2) is 36.8 Å². The van der Waals surface area contributed by atoms with Crippen molar-refractivity contribution in [2.24, 2.45) is 11.7 Å². The Morgan fingerprint density at radius 1 is 1.24 bits per heavy atom. The minimum Gasteiger partial charge on any atom is -0.489 e. The summed E-state index contributed by atoms with van der Waals surface area (Å²) in [6.07, 6.45) is 1.97. The summed E-state index contributed by atoms with van der Waals surface area (Å²) in [6, 6.07) is 4.62. The van der Waals surface area contributed by atoms with E-state index < -0.39 is 18.6 Å². The van der Waals surface area contributed by atoms with Crippen LogP contribution in [0.5, 0.6) is 5.75 Å². The number of pyridine rings is 2. The minimum absolute atomic E-state index is 0.0835. The van der Waals surface area contributed by atoms with E-state index in [9.17, 15) is 13.2 Å². The van der Waals surface area contributed by atoms with E-state index in [1.54, 1.807) is 24.5 Å². The molecule has 0 bridgehead atoms. The lowest BCUT2D eigenvalue weighted by atomic mass is 9.92. The molecule has 1 atom stereocenters. The zero-order valence-corrected chi connectivity index (χ0v) is 14.3. The summed E-state index contributed by atoms with van der Waals surface area (Å²) in [5.74, 6) is 0.0750. The second kappa shape index (κ2) is 8.29. The third-order valence-electron chi connectivity index (χ3n) is 3.70. The standard InChI is InChI=1S/C18H22F3N3O/c1-12(2)8-18(22,10-19)11-25-16-9-24-15(7-14(16)17(20)21)13-3-5-23-6-4-13/h3-7,9,12,17H,8,10-11,22H2,1-2H3. The molecule has 0 aliphatic heterocycles. The van der Waals surface area contributed by atoms with Crippen molar-refractivity contribution < 1.29 is 17.9 Å².